The molecule has 0 aliphatic heterocycles. The number of thiocarbonyl (C=S) groups is 6. The van der Waals surface area contributed by atoms with Crippen molar-refractivity contribution >= 4 is 250 Å². The van der Waals surface area contributed by atoms with Crippen LogP contribution in [0.3, 0.4) is 0 Å². The first-order valence-corrected chi connectivity index (χ1v) is 48.2. The largest absolute Gasteiger partial charge is 6.00 e. The van der Waals surface area contributed by atoms with Crippen LogP contribution in [0.2, 0.25) is 0 Å². The zero-order valence-corrected chi connectivity index (χ0v) is 85.6. The number of unbranched alkanes of at least 4 members (excludes halogenated alkanes) is 54. The average Bonchev–Trinajstić information content (AvgIpc) is 3.10. The topological polar surface area (TPSA) is 175 Å². The molecule has 109 heavy (non-hydrogen) atoms. The SMILES string of the molecule is CCCCCCCCCCCCNC(=S)[S-].CCCCCCCCCCCCNC(=S)[S-].CCCCCCCCCCCCNC(=S)[S-].CCCCCCCCCCCCNC(=S)[S-].CCCCCCCCCCCCNC(=S)[S-].CCCCCCCCCCCCNC(=S)[S-].O=S.O=S.O=S.O=S.O=S.O=S.[Mo+6]. The van der Waals surface area contributed by atoms with Crippen LogP contribution in [-0.4, -0.2) is 90.4 Å². The van der Waals surface area contributed by atoms with Crippen LogP contribution in [0.15, 0.2) is 0 Å². The summed E-state index contributed by atoms with van der Waals surface area (Å²) in [5, 5.41) is 18.1. The number of hydrogen-bond donors (Lipinski definition) is 6. The fraction of sp³-hybridized carbons (Fsp3) is 0.923. The molecule has 0 aromatic carbocycles. The van der Waals surface area contributed by atoms with Crippen LogP contribution in [0.1, 0.15) is 427 Å². The van der Waals surface area contributed by atoms with E-state index in [4.69, 9.17) is 174 Å². The second-order valence-corrected chi connectivity index (χ2v) is 32.8. The van der Waals surface area contributed by atoms with E-state index in [0.29, 0.717) is 25.9 Å². The summed E-state index contributed by atoms with van der Waals surface area (Å²) in [7, 11) is 0. The molecule has 0 spiro atoms. The van der Waals surface area contributed by atoms with Crippen molar-refractivity contribution in [2.24, 2.45) is 0 Å². The summed E-state index contributed by atoms with van der Waals surface area (Å²) in [6.45, 7) is 19.3. The van der Waals surface area contributed by atoms with Gasteiger partial charge >= 0.3 is 21.1 Å². The van der Waals surface area contributed by atoms with Crippen molar-refractivity contribution in [3.63, 3.8) is 0 Å². The van der Waals surface area contributed by atoms with Crippen molar-refractivity contribution in [2.75, 3.05) is 39.3 Å². The smallest absolute Gasteiger partial charge is 0.412 e. The van der Waals surface area contributed by atoms with Gasteiger partial charge in [0, 0.05) is 39.3 Å². The minimum Gasteiger partial charge on any atom is -0.412 e. The summed E-state index contributed by atoms with van der Waals surface area (Å²) in [6, 6.07) is 0. The second-order valence-electron chi connectivity index (χ2n) is 26.4. The van der Waals surface area contributed by atoms with E-state index < -0.39 is 0 Å². The summed E-state index contributed by atoms with van der Waals surface area (Å²) in [6.07, 6.45) is 82.3. The Labute approximate surface area is 785 Å². The molecular formula is C78H156MoN6O6S18. The van der Waals surface area contributed by atoms with Gasteiger partial charge in [-0.15, -0.1) is 0 Å². The van der Waals surface area contributed by atoms with Crippen LogP contribution in [0.25, 0.3) is 0 Å². The van der Waals surface area contributed by atoms with Gasteiger partial charge in [0.05, 0.1) is 0 Å². The minimum absolute atomic E-state index is 0. The van der Waals surface area contributed by atoms with Crippen molar-refractivity contribution in [1.82, 2.24) is 31.9 Å². The van der Waals surface area contributed by atoms with Gasteiger partial charge in [0.1, 0.15) is 0 Å². The Hall–Kier alpha value is 1.47. The van der Waals surface area contributed by atoms with E-state index in [9.17, 15) is 0 Å². The third kappa shape index (κ3) is 200. The van der Waals surface area contributed by atoms with Crippen molar-refractivity contribution in [2.45, 2.75) is 427 Å². The maximum absolute atomic E-state index is 7.83. The number of rotatable bonds is 66. The molecule has 0 saturated heterocycles. The molecule has 648 valence electrons. The van der Waals surface area contributed by atoms with E-state index in [1.807, 2.05) is 0 Å². The van der Waals surface area contributed by atoms with Crippen LogP contribution in [0.4, 0.5) is 0 Å². The predicted octanol–water partition coefficient (Wildman–Crippen LogP) is 24.0. The first-order valence-electron chi connectivity index (χ1n) is 41.3. The molecular weight excluding hydrogens is 1790 g/mol. The summed E-state index contributed by atoms with van der Waals surface area (Å²) in [4.78, 5) is 0. The molecule has 0 saturated carbocycles. The van der Waals surface area contributed by atoms with Gasteiger partial charge in [-0.05, 0) is 38.5 Å². The van der Waals surface area contributed by atoms with E-state index in [1.54, 1.807) is 0 Å². The Balaban J connectivity index is -0.0000000894. The van der Waals surface area contributed by atoms with Gasteiger partial charge in [-0.3, -0.25) is 0 Å². The van der Waals surface area contributed by atoms with E-state index in [1.165, 1.54) is 385 Å². The van der Waals surface area contributed by atoms with Crippen LogP contribution in [0.5, 0.6) is 0 Å². The quantitative estimate of drug-likeness (QED) is 0.0147. The summed E-state index contributed by atoms with van der Waals surface area (Å²) in [5.74, 6) is 0. The molecule has 0 rings (SSSR count). The molecule has 0 aromatic heterocycles. The molecule has 0 aliphatic rings. The number of hydrogen-bond acceptors (Lipinski definition) is 24. The summed E-state index contributed by atoms with van der Waals surface area (Å²) < 4.78 is 50.1. The van der Waals surface area contributed by atoms with Crippen molar-refractivity contribution in [1.29, 1.82) is 0 Å². The van der Waals surface area contributed by atoms with Gasteiger partial charge in [0.15, 0.2) is 75.2 Å². The normalized spacial score (nSPS) is 9.30. The van der Waals surface area contributed by atoms with Gasteiger partial charge in [-0.25, -0.2) is 0 Å². The average molecular weight is 1950 g/mol. The standard InChI is InChI=1S/6C13H27NS2.Mo.6OS/c6*1-2-3-4-5-6-7-8-9-10-11-12-14-13(15)16;;6*1-2/h6*2-12H2,1H3,(H2,14,15,16);;;;;;;/q;;;;;;+6;;;;;;/p-6. The first kappa shape index (κ1) is 139. The minimum atomic E-state index is 0. The van der Waals surface area contributed by atoms with E-state index >= 15 is 0 Å². The summed E-state index contributed by atoms with van der Waals surface area (Å²) in [5.41, 5.74) is 0. The zero-order chi connectivity index (χ0) is 84.4. The third-order valence-electron chi connectivity index (χ3n) is 16.8. The maximum atomic E-state index is 7.83. The Morgan fingerprint density at radius 3 is 0.284 bits per heavy atom. The van der Waals surface area contributed by atoms with Crippen LogP contribution >= 0.6 is 73.3 Å². The Kier molecular flexibility index (Phi) is 197. The first-order chi connectivity index (χ1) is 52.6. The van der Waals surface area contributed by atoms with Crippen molar-refractivity contribution < 1.29 is 46.3 Å². The van der Waals surface area contributed by atoms with Crippen LogP contribution in [-0.2, 0) is 172 Å². The van der Waals surface area contributed by atoms with Crippen LogP contribution in [0, 0.1) is 0 Å². The van der Waals surface area contributed by atoms with Crippen LogP contribution < -0.4 is 31.9 Å². The Bertz CT molecular complexity index is 1380. The fourth-order valence-electron chi connectivity index (χ4n) is 10.8. The summed E-state index contributed by atoms with van der Waals surface area (Å²) >= 11 is 74.2. The molecule has 31 heteroatoms. The molecule has 0 aliphatic carbocycles. The molecule has 12 nitrogen and oxygen atoms in total. The maximum Gasteiger partial charge on any atom is 6.00 e. The van der Waals surface area contributed by atoms with Gasteiger partial charge in [-0.1, -0.05) is 414 Å². The Morgan fingerprint density at radius 2 is 0.220 bits per heavy atom. The van der Waals surface area contributed by atoms with Gasteiger partial charge < -0.3 is 181 Å². The van der Waals surface area contributed by atoms with E-state index in [0.717, 1.165) is 39.3 Å². The van der Waals surface area contributed by atoms with Gasteiger partial charge in [-0.2, -0.15) is 25.3 Å². The van der Waals surface area contributed by atoms with E-state index in [2.05, 4.69) is 149 Å². The van der Waals surface area contributed by atoms with Crippen molar-refractivity contribution in [3.05, 3.63) is 0 Å². The molecule has 0 bridgehead atoms. The molecule has 0 radical (unpaired) electrons. The molecule has 0 atom stereocenters. The Morgan fingerprint density at radius 1 is 0.156 bits per heavy atom. The second kappa shape index (κ2) is 154. The molecule has 0 fully saturated rings. The zero-order valence-electron chi connectivity index (χ0n) is 68.9. The molecule has 6 N–H and O–H groups in total. The monoisotopic (exact) mass is 1950 g/mol. The predicted molar refractivity (Wildman–Crippen MR) is 528 cm³/mol. The van der Waals surface area contributed by atoms with Crippen molar-refractivity contribution in [3.8, 4) is 0 Å². The molecule has 0 unspecified atom stereocenters. The third-order valence-corrected chi connectivity index (χ3v) is 18.5. The molecule has 0 heterocycles. The molecule has 0 aromatic rings. The fourth-order valence-corrected chi connectivity index (χ4v) is 12.0. The number of nitrogens with one attached hydrogen (secondary N) is 6. The van der Waals surface area contributed by atoms with Gasteiger partial charge in [0.25, 0.3) is 0 Å². The van der Waals surface area contributed by atoms with E-state index in [-0.39, 0.29) is 21.1 Å². The van der Waals surface area contributed by atoms with Gasteiger partial charge in [0.2, 0.25) is 0 Å². The molecule has 0 amide bonds.